The van der Waals surface area contributed by atoms with Crippen LogP contribution >= 0.6 is 27.7 Å². The van der Waals surface area contributed by atoms with Gasteiger partial charge < -0.3 is 15.7 Å². The number of carboxylic acids is 1. The van der Waals surface area contributed by atoms with Crippen molar-refractivity contribution in [3.63, 3.8) is 0 Å². The number of thioether (sulfide) groups is 1. The van der Waals surface area contributed by atoms with Crippen LogP contribution in [0.5, 0.6) is 0 Å². The summed E-state index contributed by atoms with van der Waals surface area (Å²) in [5.41, 5.74) is -0.261. The van der Waals surface area contributed by atoms with Crippen molar-refractivity contribution >= 4 is 45.4 Å². The Balaban J connectivity index is 2.74. The van der Waals surface area contributed by atoms with E-state index in [-0.39, 0.29) is 16.6 Å². The van der Waals surface area contributed by atoms with Crippen LogP contribution in [0.3, 0.4) is 0 Å². The third kappa shape index (κ3) is 5.50. The van der Waals surface area contributed by atoms with Crippen LogP contribution < -0.4 is 10.6 Å². The van der Waals surface area contributed by atoms with E-state index < -0.39 is 29.7 Å². The van der Waals surface area contributed by atoms with Crippen molar-refractivity contribution in [3.05, 3.63) is 28.2 Å². The van der Waals surface area contributed by atoms with E-state index in [4.69, 9.17) is 5.11 Å². The first-order valence-corrected chi connectivity index (χ1v) is 7.97. The molecular formula is C12H13BrF2N2O3S. The van der Waals surface area contributed by atoms with Crippen LogP contribution in [-0.2, 0) is 4.79 Å². The summed E-state index contributed by atoms with van der Waals surface area (Å²) in [5, 5.41) is 13.4. The lowest BCUT2D eigenvalue weighted by atomic mass is 10.2. The zero-order chi connectivity index (χ0) is 16.0. The maximum atomic E-state index is 13.5. The Morgan fingerprint density at radius 3 is 2.62 bits per heavy atom. The van der Waals surface area contributed by atoms with E-state index in [0.29, 0.717) is 11.8 Å². The number of amides is 2. The molecule has 1 rings (SSSR count). The highest BCUT2D eigenvalue weighted by molar-refractivity contribution is 9.10. The van der Waals surface area contributed by atoms with Gasteiger partial charge in [-0.1, -0.05) is 0 Å². The fraction of sp³-hybridized carbons (Fsp3) is 0.333. The fourth-order valence-electron chi connectivity index (χ4n) is 1.46. The Hall–Kier alpha value is -1.35. The zero-order valence-electron chi connectivity index (χ0n) is 11.0. The molecule has 0 spiro atoms. The van der Waals surface area contributed by atoms with Crippen molar-refractivity contribution in [1.82, 2.24) is 5.32 Å². The largest absolute Gasteiger partial charge is 0.480 e. The molecule has 0 aromatic heterocycles. The molecule has 1 aromatic carbocycles. The maximum absolute atomic E-state index is 13.5. The number of hydrogen-bond donors (Lipinski definition) is 3. The third-order valence-corrected chi connectivity index (χ3v) is 3.73. The van der Waals surface area contributed by atoms with E-state index in [1.807, 2.05) is 6.26 Å². The lowest BCUT2D eigenvalue weighted by molar-refractivity contribution is -0.139. The predicted octanol–water partition coefficient (Wildman–Crippen LogP) is 3.06. The summed E-state index contributed by atoms with van der Waals surface area (Å²) in [4.78, 5) is 22.7. The Morgan fingerprint density at radius 2 is 2.10 bits per heavy atom. The molecule has 3 N–H and O–H groups in total. The van der Waals surface area contributed by atoms with E-state index in [0.717, 1.165) is 6.07 Å². The summed E-state index contributed by atoms with van der Waals surface area (Å²) in [6.07, 6.45) is 2.04. The summed E-state index contributed by atoms with van der Waals surface area (Å²) >= 11 is 4.36. The Morgan fingerprint density at radius 1 is 1.43 bits per heavy atom. The lowest BCUT2D eigenvalue weighted by Gasteiger charge is -2.15. The molecule has 0 saturated carbocycles. The number of hydrogen-bond acceptors (Lipinski definition) is 3. The Labute approximate surface area is 132 Å². The van der Waals surface area contributed by atoms with Crippen LogP contribution in [0.25, 0.3) is 0 Å². The van der Waals surface area contributed by atoms with Crippen molar-refractivity contribution in [1.29, 1.82) is 0 Å². The van der Waals surface area contributed by atoms with Crippen LogP contribution in [0.15, 0.2) is 16.6 Å². The van der Waals surface area contributed by atoms with Crippen molar-refractivity contribution in [2.24, 2.45) is 0 Å². The smallest absolute Gasteiger partial charge is 0.326 e. The minimum Gasteiger partial charge on any atom is -0.480 e. The van der Waals surface area contributed by atoms with E-state index in [1.165, 1.54) is 11.8 Å². The monoisotopic (exact) mass is 382 g/mol. The number of carboxylic acid groups (broad SMARTS) is 1. The van der Waals surface area contributed by atoms with Crippen molar-refractivity contribution in [3.8, 4) is 0 Å². The van der Waals surface area contributed by atoms with Crippen LogP contribution in [-0.4, -0.2) is 35.2 Å². The summed E-state index contributed by atoms with van der Waals surface area (Å²) in [6.45, 7) is 0. The van der Waals surface area contributed by atoms with Gasteiger partial charge >= 0.3 is 12.0 Å². The van der Waals surface area contributed by atoms with E-state index in [1.54, 1.807) is 0 Å². The molecule has 0 unspecified atom stereocenters. The topological polar surface area (TPSA) is 78.4 Å². The number of anilines is 1. The summed E-state index contributed by atoms with van der Waals surface area (Å²) in [5.74, 6) is -2.40. The summed E-state index contributed by atoms with van der Waals surface area (Å²) in [6, 6.07) is -0.362. The molecule has 0 aliphatic carbocycles. The average Bonchev–Trinajstić information content (AvgIpc) is 2.38. The molecule has 5 nitrogen and oxygen atoms in total. The molecule has 0 radical (unpaired) electrons. The standard InChI is InChI=1S/C12H13BrF2N2O3S/c1-21-3-2-9(11(18)19)16-12(20)17-10-7(13)4-6(14)5-8(10)15/h4-5,9H,2-3H2,1H3,(H,18,19)(H2,16,17,20)/t9-/m1/s1. The second-order valence-electron chi connectivity index (χ2n) is 4.02. The van der Waals surface area contributed by atoms with Crippen molar-refractivity contribution < 1.29 is 23.5 Å². The first kappa shape index (κ1) is 17.7. The Bertz CT molecular complexity index is 522. The van der Waals surface area contributed by atoms with Crippen LogP contribution in [0.2, 0.25) is 0 Å². The highest BCUT2D eigenvalue weighted by Crippen LogP contribution is 2.26. The number of rotatable bonds is 6. The number of benzene rings is 1. The van der Waals surface area contributed by atoms with Gasteiger partial charge in [0.25, 0.3) is 0 Å². The molecule has 1 atom stereocenters. The molecule has 116 valence electrons. The van der Waals surface area contributed by atoms with Gasteiger partial charge in [0.1, 0.15) is 11.9 Å². The maximum Gasteiger partial charge on any atom is 0.326 e. The summed E-state index contributed by atoms with van der Waals surface area (Å²) in [7, 11) is 0. The molecule has 0 aliphatic heterocycles. The molecule has 9 heteroatoms. The quantitative estimate of drug-likeness (QED) is 0.706. The minimum absolute atomic E-state index is 0.0196. The van der Waals surface area contributed by atoms with Gasteiger partial charge in [-0.15, -0.1) is 0 Å². The van der Waals surface area contributed by atoms with Crippen LogP contribution in [0, 0.1) is 11.6 Å². The highest BCUT2D eigenvalue weighted by Gasteiger charge is 2.20. The van der Waals surface area contributed by atoms with Gasteiger partial charge in [-0.25, -0.2) is 18.4 Å². The summed E-state index contributed by atoms with van der Waals surface area (Å²) < 4.78 is 26.5. The number of carbonyl (C=O) groups is 2. The number of halogens is 3. The van der Waals surface area contributed by atoms with Gasteiger partial charge in [0.2, 0.25) is 0 Å². The number of aliphatic carboxylic acids is 1. The normalized spacial score (nSPS) is 11.8. The van der Waals surface area contributed by atoms with Crippen molar-refractivity contribution in [2.45, 2.75) is 12.5 Å². The van der Waals surface area contributed by atoms with E-state index in [2.05, 4.69) is 26.6 Å². The second kappa shape index (κ2) is 8.18. The molecule has 0 aliphatic rings. The van der Waals surface area contributed by atoms with Gasteiger partial charge in [-0.2, -0.15) is 11.8 Å². The predicted molar refractivity (Wildman–Crippen MR) is 80.6 cm³/mol. The minimum atomic E-state index is -1.18. The van der Waals surface area contributed by atoms with Gasteiger partial charge in [-0.3, -0.25) is 0 Å². The molecule has 0 fully saturated rings. The van der Waals surface area contributed by atoms with Crippen molar-refractivity contribution in [2.75, 3.05) is 17.3 Å². The fourth-order valence-corrected chi connectivity index (χ4v) is 2.44. The van der Waals surface area contributed by atoms with E-state index in [9.17, 15) is 18.4 Å². The number of urea groups is 1. The molecule has 2 amide bonds. The number of carbonyl (C=O) groups excluding carboxylic acids is 1. The molecule has 0 bridgehead atoms. The SMILES string of the molecule is CSCC[C@@H](NC(=O)Nc1c(F)cc(F)cc1Br)C(=O)O. The zero-order valence-corrected chi connectivity index (χ0v) is 13.4. The average molecular weight is 383 g/mol. The second-order valence-corrected chi connectivity index (χ2v) is 5.86. The van der Waals surface area contributed by atoms with Gasteiger partial charge in [0.05, 0.1) is 5.69 Å². The number of nitrogens with one attached hydrogen (secondary N) is 2. The van der Waals surface area contributed by atoms with E-state index >= 15 is 0 Å². The molecular weight excluding hydrogens is 370 g/mol. The third-order valence-electron chi connectivity index (χ3n) is 2.46. The molecule has 1 aromatic rings. The molecule has 0 heterocycles. The lowest BCUT2D eigenvalue weighted by Crippen LogP contribution is -2.43. The molecule has 0 saturated heterocycles. The Kier molecular flexibility index (Phi) is 6.90. The van der Waals surface area contributed by atoms with Crippen LogP contribution in [0.1, 0.15) is 6.42 Å². The first-order valence-electron chi connectivity index (χ1n) is 5.79. The van der Waals surface area contributed by atoms with Gasteiger partial charge in [0, 0.05) is 10.5 Å². The van der Waals surface area contributed by atoms with Crippen LogP contribution in [0.4, 0.5) is 19.3 Å². The molecule has 21 heavy (non-hydrogen) atoms. The highest BCUT2D eigenvalue weighted by atomic mass is 79.9. The van der Waals surface area contributed by atoms with Gasteiger partial charge in [0.15, 0.2) is 5.82 Å². The first-order chi connectivity index (χ1) is 9.85. The van der Waals surface area contributed by atoms with Gasteiger partial charge in [-0.05, 0) is 40.4 Å².